The van der Waals surface area contributed by atoms with E-state index in [1.165, 1.54) is 4.31 Å². The van der Waals surface area contributed by atoms with Crippen molar-refractivity contribution in [1.82, 2.24) is 4.31 Å². The maximum Gasteiger partial charge on any atom is 0.214 e. The standard InChI is InChI=1S/C6H11NO3S/c8-5-4-7-3-1-2-6-11(7,9)10/h5H,1-4,6H2. The summed E-state index contributed by atoms with van der Waals surface area (Å²) in [4.78, 5) is 10.1. The zero-order valence-electron chi connectivity index (χ0n) is 6.19. The Morgan fingerprint density at radius 3 is 2.64 bits per heavy atom. The molecule has 0 spiro atoms. The molecule has 0 aliphatic carbocycles. The molecule has 4 nitrogen and oxygen atoms in total. The molecule has 5 heteroatoms. The highest BCUT2D eigenvalue weighted by molar-refractivity contribution is 7.89. The third-order valence-corrected chi connectivity index (χ3v) is 3.65. The SMILES string of the molecule is O=CCN1CCCCS1(=O)=O. The van der Waals surface area contributed by atoms with Crippen LogP contribution < -0.4 is 0 Å². The molecule has 0 amide bonds. The second-order valence-corrected chi connectivity index (χ2v) is 4.64. The van der Waals surface area contributed by atoms with Crippen molar-refractivity contribution in [1.29, 1.82) is 0 Å². The molecule has 0 atom stereocenters. The van der Waals surface area contributed by atoms with Gasteiger partial charge in [-0.1, -0.05) is 0 Å². The van der Waals surface area contributed by atoms with Gasteiger partial charge in [-0.05, 0) is 12.8 Å². The number of nitrogens with zero attached hydrogens (tertiary/aromatic N) is 1. The van der Waals surface area contributed by atoms with E-state index in [-0.39, 0.29) is 12.3 Å². The van der Waals surface area contributed by atoms with Crippen LogP contribution in [0, 0.1) is 0 Å². The molecule has 0 saturated carbocycles. The topological polar surface area (TPSA) is 54.5 Å². The van der Waals surface area contributed by atoms with Crippen molar-refractivity contribution >= 4 is 16.3 Å². The van der Waals surface area contributed by atoms with Crippen LogP contribution in [0.2, 0.25) is 0 Å². The van der Waals surface area contributed by atoms with Crippen molar-refractivity contribution in [3.05, 3.63) is 0 Å². The van der Waals surface area contributed by atoms with Crippen LogP contribution in [0.4, 0.5) is 0 Å². The Kier molecular flexibility index (Phi) is 2.62. The molecule has 1 fully saturated rings. The predicted molar refractivity (Wildman–Crippen MR) is 40.7 cm³/mol. The molecule has 1 heterocycles. The minimum atomic E-state index is -3.08. The van der Waals surface area contributed by atoms with Crippen LogP contribution in [0.3, 0.4) is 0 Å². The van der Waals surface area contributed by atoms with E-state index in [4.69, 9.17) is 0 Å². The Morgan fingerprint density at radius 2 is 2.09 bits per heavy atom. The monoisotopic (exact) mass is 177 g/mol. The largest absolute Gasteiger partial charge is 0.302 e. The van der Waals surface area contributed by atoms with Gasteiger partial charge in [-0.2, -0.15) is 4.31 Å². The van der Waals surface area contributed by atoms with E-state index in [0.717, 1.165) is 12.8 Å². The van der Waals surface area contributed by atoms with Gasteiger partial charge in [0.25, 0.3) is 0 Å². The van der Waals surface area contributed by atoms with E-state index >= 15 is 0 Å². The lowest BCUT2D eigenvalue weighted by atomic mass is 10.3. The number of hydrogen-bond donors (Lipinski definition) is 0. The molecule has 0 aromatic heterocycles. The Bertz CT molecular complexity index is 234. The van der Waals surface area contributed by atoms with Crippen LogP contribution in [0.5, 0.6) is 0 Å². The molecule has 0 aromatic rings. The minimum absolute atomic E-state index is 0.0162. The molecule has 64 valence electrons. The molecule has 1 rings (SSSR count). The Hall–Kier alpha value is -0.420. The van der Waals surface area contributed by atoms with E-state index in [1.807, 2.05) is 0 Å². The van der Waals surface area contributed by atoms with Crippen molar-refractivity contribution in [3.63, 3.8) is 0 Å². The summed E-state index contributed by atoms with van der Waals surface area (Å²) in [5.41, 5.74) is 0. The molecule has 1 saturated heterocycles. The lowest BCUT2D eigenvalue weighted by Gasteiger charge is -2.23. The first kappa shape index (κ1) is 8.67. The van der Waals surface area contributed by atoms with E-state index in [9.17, 15) is 13.2 Å². The highest BCUT2D eigenvalue weighted by Crippen LogP contribution is 2.11. The Balaban J connectivity index is 2.67. The zero-order chi connectivity index (χ0) is 8.32. The highest BCUT2D eigenvalue weighted by atomic mass is 32.2. The lowest BCUT2D eigenvalue weighted by Crippen LogP contribution is -2.38. The van der Waals surface area contributed by atoms with Gasteiger partial charge >= 0.3 is 0 Å². The van der Waals surface area contributed by atoms with Gasteiger partial charge in [0, 0.05) is 6.54 Å². The maximum atomic E-state index is 11.1. The molecular formula is C6H11NO3S. The average Bonchev–Trinajstić information content (AvgIpc) is 1.94. The molecular weight excluding hydrogens is 166 g/mol. The van der Waals surface area contributed by atoms with E-state index in [0.29, 0.717) is 12.8 Å². The van der Waals surface area contributed by atoms with Crippen molar-refractivity contribution in [3.8, 4) is 0 Å². The van der Waals surface area contributed by atoms with Gasteiger partial charge in [-0.25, -0.2) is 8.42 Å². The summed E-state index contributed by atoms with van der Waals surface area (Å²) in [6.07, 6.45) is 2.22. The molecule has 11 heavy (non-hydrogen) atoms. The van der Waals surface area contributed by atoms with Crippen molar-refractivity contribution in [2.24, 2.45) is 0 Å². The number of carbonyl (C=O) groups is 1. The first-order valence-electron chi connectivity index (χ1n) is 3.58. The lowest BCUT2D eigenvalue weighted by molar-refractivity contribution is -0.108. The summed E-state index contributed by atoms with van der Waals surface area (Å²) in [7, 11) is -3.08. The normalized spacial score (nSPS) is 24.7. The van der Waals surface area contributed by atoms with Crippen LogP contribution >= 0.6 is 0 Å². The van der Waals surface area contributed by atoms with E-state index in [2.05, 4.69) is 0 Å². The fourth-order valence-corrected chi connectivity index (χ4v) is 2.65. The predicted octanol–water partition coefficient (Wildman–Crippen LogP) is -0.389. The molecule has 0 N–H and O–H groups in total. The van der Waals surface area contributed by atoms with Gasteiger partial charge in [0.2, 0.25) is 10.0 Å². The molecule has 0 radical (unpaired) electrons. The number of sulfonamides is 1. The van der Waals surface area contributed by atoms with Gasteiger partial charge in [0.15, 0.2) is 0 Å². The zero-order valence-corrected chi connectivity index (χ0v) is 7.01. The second kappa shape index (κ2) is 3.32. The number of rotatable bonds is 2. The van der Waals surface area contributed by atoms with Crippen LogP contribution in [0.25, 0.3) is 0 Å². The summed E-state index contributed by atoms with van der Waals surface area (Å²) in [5.74, 6) is 0.195. The van der Waals surface area contributed by atoms with Gasteiger partial charge in [0.1, 0.15) is 6.29 Å². The average molecular weight is 177 g/mol. The minimum Gasteiger partial charge on any atom is -0.302 e. The van der Waals surface area contributed by atoms with Crippen LogP contribution in [-0.2, 0) is 14.8 Å². The summed E-state index contributed by atoms with van der Waals surface area (Å²) in [6, 6.07) is 0. The Labute approximate surface area is 66.2 Å². The maximum absolute atomic E-state index is 11.1. The summed E-state index contributed by atoms with van der Waals surface area (Å²) in [6.45, 7) is 0.517. The number of carbonyl (C=O) groups excluding carboxylic acids is 1. The van der Waals surface area contributed by atoms with Crippen molar-refractivity contribution in [2.75, 3.05) is 18.8 Å². The van der Waals surface area contributed by atoms with Crippen LogP contribution in [0.15, 0.2) is 0 Å². The molecule has 1 aliphatic rings. The number of aldehydes is 1. The van der Waals surface area contributed by atoms with Crippen LogP contribution in [0.1, 0.15) is 12.8 Å². The van der Waals surface area contributed by atoms with Crippen molar-refractivity contribution in [2.45, 2.75) is 12.8 Å². The van der Waals surface area contributed by atoms with E-state index < -0.39 is 10.0 Å². The van der Waals surface area contributed by atoms with Gasteiger partial charge in [0.05, 0.1) is 12.3 Å². The fraction of sp³-hybridized carbons (Fsp3) is 0.833. The third kappa shape index (κ3) is 2.00. The fourth-order valence-electron chi connectivity index (χ4n) is 1.13. The molecule has 1 aliphatic heterocycles. The first-order chi connectivity index (χ1) is 5.17. The first-order valence-corrected chi connectivity index (χ1v) is 5.19. The van der Waals surface area contributed by atoms with Gasteiger partial charge in [-0.3, -0.25) is 0 Å². The van der Waals surface area contributed by atoms with Gasteiger partial charge < -0.3 is 4.79 Å². The molecule has 0 unspecified atom stereocenters. The summed E-state index contributed by atoms with van der Waals surface area (Å²) >= 11 is 0. The van der Waals surface area contributed by atoms with Crippen molar-refractivity contribution < 1.29 is 13.2 Å². The quantitative estimate of drug-likeness (QED) is 0.540. The number of hydrogen-bond acceptors (Lipinski definition) is 3. The third-order valence-electron chi connectivity index (χ3n) is 1.73. The van der Waals surface area contributed by atoms with Gasteiger partial charge in [-0.15, -0.1) is 0 Å². The smallest absolute Gasteiger partial charge is 0.214 e. The molecule has 0 aromatic carbocycles. The summed E-state index contributed by atoms with van der Waals surface area (Å²) in [5, 5.41) is 0. The van der Waals surface area contributed by atoms with E-state index in [1.54, 1.807) is 0 Å². The second-order valence-electron chi connectivity index (χ2n) is 2.55. The highest BCUT2D eigenvalue weighted by Gasteiger charge is 2.24. The summed E-state index contributed by atoms with van der Waals surface area (Å²) < 4.78 is 23.5. The Morgan fingerprint density at radius 1 is 1.36 bits per heavy atom. The molecule has 0 bridgehead atoms. The van der Waals surface area contributed by atoms with Crippen LogP contribution in [-0.4, -0.2) is 37.9 Å².